The fourth-order valence-corrected chi connectivity index (χ4v) is 2.82. The van der Waals surface area contributed by atoms with E-state index in [-0.39, 0.29) is 18.0 Å². The van der Waals surface area contributed by atoms with Crippen LogP contribution in [0, 0.1) is 0 Å². The minimum absolute atomic E-state index is 0.0750. The predicted molar refractivity (Wildman–Crippen MR) is 105 cm³/mol. The van der Waals surface area contributed by atoms with Crippen LogP contribution in [-0.4, -0.2) is 30.4 Å². The first kappa shape index (κ1) is 18.4. The Morgan fingerprint density at radius 1 is 0.962 bits per heavy atom. The molecular weight excluding hydrogens is 371 g/mol. The molecule has 4 nitrogen and oxygen atoms in total. The highest BCUT2D eigenvalue weighted by Crippen LogP contribution is 2.15. The summed E-state index contributed by atoms with van der Waals surface area (Å²) in [5, 5.41) is 4.30. The molecule has 2 aromatic rings. The Hall–Kier alpha value is -2.43. The van der Waals surface area contributed by atoms with Gasteiger partial charge in [-0.2, -0.15) is 0 Å². The van der Waals surface area contributed by atoms with Crippen molar-refractivity contribution in [1.29, 1.82) is 0 Å². The summed E-state index contributed by atoms with van der Waals surface area (Å²) >= 11 is 11.7. The monoisotopic (exact) mass is 386 g/mol. The number of allylic oxidation sites excluding steroid dienone is 2. The van der Waals surface area contributed by atoms with Gasteiger partial charge in [0.15, 0.2) is 11.6 Å². The predicted octanol–water partition coefficient (Wildman–Crippen LogP) is 4.38. The lowest BCUT2D eigenvalue weighted by molar-refractivity contribution is 0.0998. The SMILES string of the molecule is O=C(/C=C1\NCCN=C1CC(=O)c1ccc(Cl)cc1)c1ccc(Cl)cc1. The van der Waals surface area contributed by atoms with E-state index in [1.54, 1.807) is 48.5 Å². The molecule has 0 fully saturated rings. The lowest BCUT2D eigenvalue weighted by Crippen LogP contribution is -2.30. The lowest BCUT2D eigenvalue weighted by atomic mass is 10.0. The van der Waals surface area contributed by atoms with Crippen molar-refractivity contribution in [3.8, 4) is 0 Å². The van der Waals surface area contributed by atoms with E-state index in [0.29, 0.717) is 45.7 Å². The third-order valence-electron chi connectivity index (χ3n) is 3.94. The number of halogens is 2. The molecule has 1 heterocycles. The van der Waals surface area contributed by atoms with E-state index in [4.69, 9.17) is 23.2 Å². The summed E-state index contributed by atoms with van der Waals surface area (Å²) in [7, 11) is 0. The average molecular weight is 387 g/mol. The number of carbonyl (C=O) groups is 2. The van der Waals surface area contributed by atoms with Gasteiger partial charge in [0.25, 0.3) is 0 Å². The van der Waals surface area contributed by atoms with Crippen LogP contribution in [-0.2, 0) is 0 Å². The largest absolute Gasteiger partial charge is 0.382 e. The zero-order valence-corrected chi connectivity index (χ0v) is 15.3. The first-order chi connectivity index (χ1) is 12.5. The molecule has 0 aromatic heterocycles. The smallest absolute Gasteiger partial charge is 0.187 e. The van der Waals surface area contributed by atoms with Gasteiger partial charge in [0, 0.05) is 33.8 Å². The molecular formula is C20H16Cl2N2O2. The molecule has 2 aromatic carbocycles. The van der Waals surface area contributed by atoms with Crippen LogP contribution in [0.1, 0.15) is 27.1 Å². The molecule has 0 amide bonds. The van der Waals surface area contributed by atoms with Crippen LogP contribution >= 0.6 is 23.2 Å². The molecule has 1 aliphatic rings. The van der Waals surface area contributed by atoms with Gasteiger partial charge >= 0.3 is 0 Å². The molecule has 0 saturated carbocycles. The molecule has 3 rings (SSSR count). The standard InChI is InChI=1S/C20H16Cl2N2O2/c21-15-5-1-13(2-6-15)19(25)11-17-18(24-10-9-23-17)12-20(26)14-3-7-16(22)8-4-14/h1-8,11,23H,9-10,12H2/b17-11-. The van der Waals surface area contributed by atoms with Gasteiger partial charge in [0.1, 0.15) is 0 Å². The van der Waals surface area contributed by atoms with Gasteiger partial charge in [-0.1, -0.05) is 23.2 Å². The molecule has 1 aliphatic heterocycles. The van der Waals surface area contributed by atoms with E-state index in [9.17, 15) is 9.59 Å². The molecule has 1 N–H and O–H groups in total. The summed E-state index contributed by atoms with van der Waals surface area (Å²) < 4.78 is 0. The van der Waals surface area contributed by atoms with Gasteiger partial charge in [-0.3, -0.25) is 14.6 Å². The Bertz CT molecular complexity index is 885. The molecule has 0 spiro atoms. The minimum Gasteiger partial charge on any atom is -0.382 e. The highest BCUT2D eigenvalue weighted by Gasteiger charge is 2.18. The number of ketones is 2. The zero-order valence-electron chi connectivity index (χ0n) is 13.8. The number of aliphatic imine (C=N–C) groups is 1. The van der Waals surface area contributed by atoms with E-state index >= 15 is 0 Å². The Morgan fingerprint density at radius 2 is 1.54 bits per heavy atom. The maximum atomic E-state index is 12.5. The minimum atomic E-state index is -0.169. The second-order valence-electron chi connectivity index (χ2n) is 5.79. The van der Waals surface area contributed by atoms with Gasteiger partial charge in [-0.15, -0.1) is 0 Å². The Labute approximate surface area is 161 Å². The number of hydrogen-bond donors (Lipinski definition) is 1. The van der Waals surface area contributed by atoms with Crippen LogP contribution in [0.5, 0.6) is 0 Å². The van der Waals surface area contributed by atoms with Crippen LogP contribution in [0.3, 0.4) is 0 Å². The normalized spacial score (nSPS) is 15.3. The highest BCUT2D eigenvalue weighted by molar-refractivity contribution is 6.31. The Kier molecular flexibility index (Phi) is 5.86. The fraction of sp³-hybridized carbons (Fsp3) is 0.150. The quantitative estimate of drug-likeness (QED) is 0.612. The van der Waals surface area contributed by atoms with Crippen LogP contribution in [0.15, 0.2) is 65.3 Å². The van der Waals surface area contributed by atoms with Crippen molar-refractivity contribution in [3.05, 3.63) is 81.5 Å². The third-order valence-corrected chi connectivity index (χ3v) is 4.44. The first-order valence-electron chi connectivity index (χ1n) is 8.11. The summed E-state index contributed by atoms with van der Waals surface area (Å²) in [6, 6.07) is 13.4. The number of Topliss-reactive ketones (excluding diaryl/α,β-unsaturated/α-hetero) is 1. The fourth-order valence-electron chi connectivity index (χ4n) is 2.57. The molecule has 0 radical (unpaired) electrons. The van der Waals surface area contributed by atoms with Crippen molar-refractivity contribution in [2.24, 2.45) is 4.99 Å². The van der Waals surface area contributed by atoms with E-state index in [1.165, 1.54) is 6.08 Å². The summed E-state index contributed by atoms with van der Waals surface area (Å²) in [6.07, 6.45) is 1.60. The number of hydrogen-bond acceptors (Lipinski definition) is 4. The van der Waals surface area contributed by atoms with Crippen LogP contribution in [0.2, 0.25) is 10.0 Å². The van der Waals surface area contributed by atoms with Gasteiger partial charge in [0.2, 0.25) is 0 Å². The van der Waals surface area contributed by atoms with Crippen LogP contribution in [0.4, 0.5) is 0 Å². The molecule has 0 saturated heterocycles. The van der Waals surface area contributed by atoms with Crippen molar-refractivity contribution >= 4 is 40.5 Å². The molecule has 26 heavy (non-hydrogen) atoms. The van der Waals surface area contributed by atoms with Crippen molar-refractivity contribution in [2.45, 2.75) is 6.42 Å². The van der Waals surface area contributed by atoms with Crippen molar-refractivity contribution in [1.82, 2.24) is 5.32 Å². The van der Waals surface area contributed by atoms with Gasteiger partial charge < -0.3 is 5.32 Å². The molecule has 132 valence electrons. The van der Waals surface area contributed by atoms with Crippen molar-refractivity contribution in [3.63, 3.8) is 0 Å². The number of benzene rings is 2. The topological polar surface area (TPSA) is 58.5 Å². The van der Waals surface area contributed by atoms with E-state index < -0.39 is 0 Å². The Balaban J connectivity index is 1.78. The Morgan fingerprint density at radius 3 is 2.15 bits per heavy atom. The van der Waals surface area contributed by atoms with Crippen LogP contribution < -0.4 is 5.32 Å². The number of nitrogens with one attached hydrogen (secondary N) is 1. The van der Waals surface area contributed by atoms with Gasteiger partial charge in [0.05, 0.1) is 24.4 Å². The molecule has 0 bridgehead atoms. The van der Waals surface area contributed by atoms with E-state index in [0.717, 1.165) is 0 Å². The zero-order chi connectivity index (χ0) is 18.5. The average Bonchev–Trinajstić information content (AvgIpc) is 2.64. The second kappa shape index (κ2) is 8.30. The first-order valence-corrected chi connectivity index (χ1v) is 8.86. The third kappa shape index (κ3) is 4.59. The molecule has 0 aliphatic carbocycles. The van der Waals surface area contributed by atoms with E-state index in [1.807, 2.05) is 0 Å². The second-order valence-corrected chi connectivity index (χ2v) is 6.66. The summed E-state index contributed by atoms with van der Waals surface area (Å²) in [5.41, 5.74) is 2.25. The number of rotatable bonds is 5. The maximum Gasteiger partial charge on any atom is 0.187 e. The van der Waals surface area contributed by atoms with Crippen molar-refractivity contribution in [2.75, 3.05) is 13.1 Å². The number of carbonyl (C=O) groups excluding carboxylic acids is 2. The summed E-state index contributed by atoms with van der Waals surface area (Å²) in [6.45, 7) is 1.19. The summed E-state index contributed by atoms with van der Waals surface area (Å²) in [4.78, 5) is 29.4. The van der Waals surface area contributed by atoms with Crippen LogP contribution in [0.25, 0.3) is 0 Å². The highest BCUT2D eigenvalue weighted by atomic mass is 35.5. The van der Waals surface area contributed by atoms with Crippen molar-refractivity contribution < 1.29 is 9.59 Å². The summed E-state index contributed by atoms with van der Waals surface area (Å²) in [5.74, 6) is -0.244. The molecule has 0 unspecified atom stereocenters. The van der Waals surface area contributed by atoms with E-state index in [2.05, 4.69) is 10.3 Å². The van der Waals surface area contributed by atoms with Gasteiger partial charge in [-0.05, 0) is 48.5 Å². The number of nitrogens with zero attached hydrogens (tertiary/aromatic N) is 1. The molecule has 0 atom stereocenters. The van der Waals surface area contributed by atoms with Gasteiger partial charge in [-0.25, -0.2) is 0 Å². The lowest BCUT2D eigenvalue weighted by Gasteiger charge is -2.18. The maximum absolute atomic E-state index is 12.5. The molecule has 6 heteroatoms.